The fourth-order valence-corrected chi connectivity index (χ4v) is 2.20. The number of nitrogen functional groups attached to an aromatic ring is 1. The van der Waals surface area contributed by atoms with Gasteiger partial charge in [0.05, 0.1) is 13.2 Å². The first kappa shape index (κ1) is 13.5. The fourth-order valence-electron chi connectivity index (χ4n) is 2.20. The van der Waals surface area contributed by atoms with Crippen molar-refractivity contribution >= 4 is 11.8 Å². The zero-order valence-corrected chi connectivity index (χ0v) is 11.2. The summed E-state index contributed by atoms with van der Waals surface area (Å²) in [5.41, 5.74) is 6.39. The van der Waals surface area contributed by atoms with E-state index < -0.39 is 0 Å². The molecule has 0 radical (unpaired) electrons. The van der Waals surface area contributed by atoms with E-state index in [1.807, 2.05) is 25.1 Å². The van der Waals surface area contributed by atoms with Crippen LogP contribution < -0.4 is 10.5 Å². The van der Waals surface area contributed by atoms with Crippen LogP contribution in [0.15, 0.2) is 24.3 Å². The second-order valence-electron chi connectivity index (χ2n) is 4.60. The normalized spacial score (nSPS) is 19.0. The lowest BCUT2D eigenvalue weighted by Crippen LogP contribution is -2.44. The number of amides is 1. The van der Waals surface area contributed by atoms with Crippen LogP contribution in [0.5, 0.6) is 5.75 Å². The molecule has 1 atom stereocenters. The Morgan fingerprint density at radius 1 is 1.53 bits per heavy atom. The van der Waals surface area contributed by atoms with Crippen LogP contribution in [0.3, 0.4) is 0 Å². The van der Waals surface area contributed by atoms with E-state index in [-0.39, 0.29) is 12.2 Å². The van der Waals surface area contributed by atoms with E-state index in [1.54, 1.807) is 11.0 Å². The van der Waals surface area contributed by atoms with E-state index in [9.17, 15) is 4.79 Å². The molecule has 104 valence electrons. The molecule has 5 nitrogen and oxygen atoms in total. The highest BCUT2D eigenvalue weighted by Crippen LogP contribution is 2.20. The molecule has 1 unspecified atom stereocenters. The standard InChI is InChI=1S/C14H20N2O3/c1-2-18-14(17)16-8-4-7-13(10-16)19-12-6-3-5-11(15)9-12/h3,5-6,9,13H,2,4,7-8,10,15H2,1H3. The maximum atomic E-state index is 11.7. The number of likely N-dealkylation sites (tertiary alicyclic amines) is 1. The van der Waals surface area contributed by atoms with Gasteiger partial charge in [-0.05, 0) is 31.9 Å². The van der Waals surface area contributed by atoms with Crippen molar-refractivity contribution in [1.82, 2.24) is 4.90 Å². The average molecular weight is 264 g/mol. The average Bonchev–Trinajstić information content (AvgIpc) is 2.39. The number of ether oxygens (including phenoxy) is 2. The van der Waals surface area contributed by atoms with Crippen LogP contribution in [0.1, 0.15) is 19.8 Å². The smallest absolute Gasteiger partial charge is 0.409 e. The van der Waals surface area contributed by atoms with E-state index in [0.29, 0.717) is 18.8 Å². The van der Waals surface area contributed by atoms with Gasteiger partial charge in [-0.2, -0.15) is 0 Å². The van der Waals surface area contributed by atoms with Crippen LogP contribution in [0, 0.1) is 0 Å². The van der Waals surface area contributed by atoms with Gasteiger partial charge in [0.25, 0.3) is 0 Å². The Hall–Kier alpha value is -1.91. The highest BCUT2D eigenvalue weighted by molar-refractivity contribution is 5.67. The van der Waals surface area contributed by atoms with E-state index in [4.69, 9.17) is 15.2 Å². The van der Waals surface area contributed by atoms with Crippen molar-refractivity contribution in [2.75, 3.05) is 25.4 Å². The van der Waals surface area contributed by atoms with Crippen molar-refractivity contribution in [3.63, 3.8) is 0 Å². The topological polar surface area (TPSA) is 64.8 Å². The zero-order chi connectivity index (χ0) is 13.7. The molecule has 1 amide bonds. The van der Waals surface area contributed by atoms with Crippen LogP contribution in [0.2, 0.25) is 0 Å². The second-order valence-corrected chi connectivity index (χ2v) is 4.60. The highest BCUT2D eigenvalue weighted by atomic mass is 16.6. The van der Waals surface area contributed by atoms with Gasteiger partial charge < -0.3 is 20.1 Å². The van der Waals surface area contributed by atoms with Crippen LogP contribution in [0.25, 0.3) is 0 Å². The Morgan fingerprint density at radius 3 is 3.11 bits per heavy atom. The molecule has 1 aliphatic rings. The summed E-state index contributed by atoms with van der Waals surface area (Å²) in [7, 11) is 0. The molecule has 0 bridgehead atoms. The van der Waals surface area contributed by atoms with Crippen molar-refractivity contribution in [3.8, 4) is 5.75 Å². The number of nitrogens with zero attached hydrogens (tertiary/aromatic N) is 1. The number of carbonyl (C=O) groups is 1. The van der Waals surface area contributed by atoms with Crippen LogP contribution in [-0.4, -0.2) is 36.8 Å². The molecule has 1 fully saturated rings. The predicted molar refractivity (Wildman–Crippen MR) is 73.1 cm³/mol. The van der Waals surface area contributed by atoms with Crippen molar-refractivity contribution in [2.45, 2.75) is 25.9 Å². The number of nitrogens with two attached hydrogens (primary N) is 1. The maximum Gasteiger partial charge on any atom is 0.409 e. The third-order valence-electron chi connectivity index (χ3n) is 3.07. The van der Waals surface area contributed by atoms with Crippen molar-refractivity contribution in [3.05, 3.63) is 24.3 Å². The molecule has 2 N–H and O–H groups in total. The van der Waals surface area contributed by atoms with Gasteiger partial charge in [-0.1, -0.05) is 6.07 Å². The van der Waals surface area contributed by atoms with Gasteiger partial charge in [0.15, 0.2) is 0 Å². The molecule has 19 heavy (non-hydrogen) atoms. The lowest BCUT2D eigenvalue weighted by atomic mass is 10.1. The molecule has 0 saturated carbocycles. The molecule has 0 aliphatic carbocycles. The highest BCUT2D eigenvalue weighted by Gasteiger charge is 2.25. The van der Waals surface area contributed by atoms with Gasteiger partial charge in [0, 0.05) is 18.3 Å². The second kappa shape index (κ2) is 6.31. The number of hydrogen-bond acceptors (Lipinski definition) is 4. The molecule has 1 heterocycles. The number of hydrogen-bond donors (Lipinski definition) is 1. The first-order valence-corrected chi connectivity index (χ1v) is 6.63. The van der Waals surface area contributed by atoms with E-state index in [2.05, 4.69) is 0 Å². The van der Waals surface area contributed by atoms with E-state index in [1.165, 1.54) is 0 Å². The van der Waals surface area contributed by atoms with Gasteiger partial charge in [-0.15, -0.1) is 0 Å². The fraction of sp³-hybridized carbons (Fsp3) is 0.500. The summed E-state index contributed by atoms with van der Waals surface area (Å²) in [6, 6.07) is 7.35. The molecule has 1 aromatic carbocycles. The lowest BCUT2D eigenvalue weighted by molar-refractivity contribution is 0.0612. The van der Waals surface area contributed by atoms with Gasteiger partial charge >= 0.3 is 6.09 Å². The summed E-state index contributed by atoms with van der Waals surface area (Å²) in [4.78, 5) is 13.4. The monoisotopic (exact) mass is 264 g/mol. The Morgan fingerprint density at radius 2 is 2.37 bits per heavy atom. The molecule has 1 saturated heterocycles. The Bertz CT molecular complexity index is 436. The summed E-state index contributed by atoms with van der Waals surface area (Å²) in [6.07, 6.45) is 1.60. The molecular formula is C14H20N2O3. The summed E-state index contributed by atoms with van der Waals surface area (Å²) in [5.74, 6) is 0.746. The van der Waals surface area contributed by atoms with Gasteiger partial charge in [0.2, 0.25) is 0 Å². The van der Waals surface area contributed by atoms with Gasteiger partial charge in [-0.25, -0.2) is 4.79 Å². The third-order valence-corrected chi connectivity index (χ3v) is 3.07. The minimum atomic E-state index is -0.261. The largest absolute Gasteiger partial charge is 0.489 e. The van der Waals surface area contributed by atoms with Gasteiger partial charge in [-0.3, -0.25) is 0 Å². The molecular weight excluding hydrogens is 244 g/mol. The number of anilines is 1. The first-order chi connectivity index (χ1) is 9.19. The molecule has 0 spiro atoms. The lowest BCUT2D eigenvalue weighted by Gasteiger charge is -2.32. The minimum absolute atomic E-state index is 0.0000406. The van der Waals surface area contributed by atoms with E-state index >= 15 is 0 Å². The minimum Gasteiger partial charge on any atom is -0.489 e. The maximum absolute atomic E-state index is 11.7. The Kier molecular flexibility index (Phi) is 4.49. The van der Waals surface area contributed by atoms with Crippen molar-refractivity contribution < 1.29 is 14.3 Å². The number of rotatable bonds is 3. The summed E-state index contributed by atoms with van der Waals surface area (Å²) in [6.45, 7) is 3.50. The number of piperidine rings is 1. The van der Waals surface area contributed by atoms with Crippen LogP contribution >= 0.6 is 0 Å². The van der Waals surface area contributed by atoms with Crippen LogP contribution in [0.4, 0.5) is 10.5 Å². The molecule has 0 aromatic heterocycles. The molecule has 1 aliphatic heterocycles. The zero-order valence-electron chi connectivity index (χ0n) is 11.2. The molecule has 2 rings (SSSR count). The first-order valence-electron chi connectivity index (χ1n) is 6.63. The van der Waals surface area contributed by atoms with Crippen molar-refractivity contribution in [2.24, 2.45) is 0 Å². The SMILES string of the molecule is CCOC(=O)N1CCCC(Oc2cccc(N)c2)C1. The van der Waals surface area contributed by atoms with Crippen LogP contribution in [-0.2, 0) is 4.74 Å². The molecule has 1 aromatic rings. The van der Waals surface area contributed by atoms with Crippen molar-refractivity contribution in [1.29, 1.82) is 0 Å². The number of carbonyl (C=O) groups excluding carboxylic acids is 1. The summed E-state index contributed by atoms with van der Waals surface area (Å²) < 4.78 is 10.9. The molecule has 5 heteroatoms. The Labute approximate surface area is 113 Å². The number of benzene rings is 1. The third kappa shape index (κ3) is 3.77. The van der Waals surface area contributed by atoms with E-state index in [0.717, 1.165) is 25.1 Å². The summed E-state index contributed by atoms with van der Waals surface area (Å²) >= 11 is 0. The summed E-state index contributed by atoms with van der Waals surface area (Å²) in [5, 5.41) is 0. The quantitative estimate of drug-likeness (QED) is 0.850. The Balaban J connectivity index is 1.92. The van der Waals surface area contributed by atoms with Gasteiger partial charge in [0.1, 0.15) is 11.9 Å². The predicted octanol–water partition coefficient (Wildman–Crippen LogP) is 2.27.